The highest BCUT2D eigenvalue weighted by molar-refractivity contribution is 5.73. The van der Waals surface area contributed by atoms with Crippen LogP contribution in [0.5, 0.6) is 11.5 Å². The Labute approximate surface area is 270 Å². The molecule has 0 bridgehead atoms. The van der Waals surface area contributed by atoms with Crippen LogP contribution in [0.2, 0.25) is 0 Å². The van der Waals surface area contributed by atoms with Crippen LogP contribution in [0, 0.1) is 0 Å². The lowest BCUT2D eigenvalue weighted by Gasteiger charge is -2.39. The first-order chi connectivity index (χ1) is 22.4. The third-order valence-corrected chi connectivity index (χ3v) is 8.86. The monoisotopic (exact) mass is 622 g/mol. The average Bonchev–Trinajstić information content (AvgIpc) is 3.10. The van der Waals surface area contributed by atoms with Gasteiger partial charge >= 0.3 is 0 Å². The first-order valence-electron chi connectivity index (χ1n) is 15.8. The number of ether oxygens (including phenoxy) is 4. The normalized spacial score (nSPS) is 19.7. The number of rotatable bonds is 10. The standard InChI is InChI=1S/C38H42N2O6/c1-25(42)39-21-27-5-4-6-31(17-27)28-11-13-30(14-12-28)38-45-34(20-35(46-38)29-9-7-26(24-41)8-10-29)23-40-16-15-32-18-36(43-2)37(44-3)19-33(32)22-40/h4-14,17-19,34-35,38,41H,15-16,20-24H2,1-3H3,(H,39,42)/t34-,35+,38+/m0/s1. The van der Waals surface area contributed by atoms with E-state index < -0.39 is 6.29 Å². The van der Waals surface area contributed by atoms with Gasteiger partial charge in [0.1, 0.15) is 0 Å². The van der Waals surface area contributed by atoms with Crippen molar-refractivity contribution in [1.29, 1.82) is 0 Å². The molecular formula is C38H42N2O6. The van der Waals surface area contributed by atoms with Gasteiger partial charge in [0, 0.05) is 45.1 Å². The number of fused-ring (bicyclic) bond motifs is 1. The van der Waals surface area contributed by atoms with E-state index >= 15 is 0 Å². The van der Waals surface area contributed by atoms with Gasteiger partial charge in [-0.15, -0.1) is 0 Å². The van der Waals surface area contributed by atoms with Crippen molar-refractivity contribution in [3.05, 3.63) is 118 Å². The van der Waals surface area contributed by atoms with Gasteiger partial charge in [-0.1, -0.05) is 66.7 Å². The first kappa shape index (κ1) is 31.8. The van der Waals surface area contributed by atoms with Gasteiger partial charge < -0.3 is 29.4 Å². The molecule has 1 fully saturated rings. The number of aliphatic hydroxyl groups excluding tert-OH is 1. The van der Waals surface area contributed by atoms with Gasteiger partial charge in [-0.05, 0) is 63.6 Å². The highest BCUT2D eigenvalue weighted by Gasteiger charge is 2.34. The molecule has 0 unspecified atom stereocenters. The molecule has 1 amide bonds. The average molecular weight is 623 g/mol. The molecule has 6 rings (SSSR count). The third kappa shape index (κ3) is 7.43. The van der Waals surface area contributed by atoms with Gasteiger partial charge in [-0.3, -0.25) is 9.69 Å². The third-order valence-electron chi connectivity index (χ3n) is 8.86. The summed E-state index contributed by atoms with van der Waals surface area (Å²) in [6, 6.07) is 28.7. The number of methoxy groups -OCH3 is 2. The van der Waals surface area contributed by atoms with Gasteiger partial charge in [0.25, 0.3) is 0 Å². The molecule has 240 valence electrons. The van der Waals surface area contributed by atoms with E-state index in [1.807, 2.05) is 36.4 Å². The lowest BCUT2D eigenvalue weighted by Crippen LogP contribution is -2.41. The van der Waals surface area contributed by atoms with E-state index in [0.717, 1.165) is 77.4 Å². The van der Waals surface area contributed by atoms with E-state index in [2.05, 4.69) is 58.7 Å². The van der Waals surface area contributed by atoms with Crippen LogP contribution in [-0.2, 0) is 40.4 Å². The molecule has 8 nitrogen and oxygen atoms in total. The van der Waals surface area contributed by atoms with Crippen LogP contribution in [-0.4, -0.2) is 49.3 Å². The second-order valence-electron chi connectivity index (χ2n) is 12.0. The van der Waals surface area contributed by atoms with Crippen LogP contribution in [0.3, 0.4) is 0 Å². The van der Waals surface area contributed by atoms with Crippen molar-refractivity contribution < 1.29 is 28.8 Å². The van der Waals surface area contributed by atoms with E-state index in [1.54, 1.807) is 14.2 Å². The summed E-state index contributed by atoms with van der Waals surface area (Å²) in [6.07, 6.45) is 0.935. The Morgan fingerprint density at radius 3 is 2.28 bits per heavy atom. The van der Waals surface area contributed by atoms with Crippen molar-refractivity contribution in [2.75, 3.05) is 27.3 Å². The van der Waals surface area contributed by atoms with Gasteiger partial charge in [0.2, 0.25) is 5.91 Å². The molecule has 2 aliphatic rings. The van der Waals surface area contributed by atoms with Crippen molar-refractivity contribution >= 4 is 5.91 Å². The maximum atomic E-state index is 11.4. The van der Waals surface area contributed by atoms with Crippen molar-refractivity contribution in [1.82, 2.24) is 10.2 Å². The summed E-state index contributed by atoms with van der Waals surface area (Å²) in [5.74, 6) is 1.47. The van der Waals surface area contributed by atoms with Crippen molar-refractivity contribution in [2.45, 2.75) is 58.0 Å². The van der Waals surface area contributed by atoms with Crippen LogP contribution in [0.4, 0.5) is 0 Å². The van der Waals surface area contributed by atoms with E-state index in [9.17, 15) is 9.90 Å². The van der Waals surface area contributed by atoms with Gasteiger partial charge in [0.05, 0.1) is 33.0 Å². The molecule has 2 heterocycles. The highest BCUT2D eigenvalue weighted by Crippen LogP contribution is 2.39. The largest absolute Gasteiger partial charge is 0.493 e. The topological polar surface area (TPSA) is 89.5 Å². The Balaban J connectivity index is 1.20. The predicted octanol–water partition coefficient (Wildman–Crippen LogP) is 6.10. The van der Waals surface area contributed by atoms with E-state index in [0.29, 0.717) is 6.54 Å². The zero-order chi connectivity index (χ0) is 32.0. The molecule has 4 aromatic rings. The summed E-state index contributed by atoms with van der Waals surface area (Å²) in [5, 5.41) is 12.4. The van der Waals surface area contributed by atoms with Crippen LogP contribution in [0.15, 0.2) is 84.9 Å². The van der Waals surface area contributed by atoms with Crippen LogP contribution in [0.1, 0.15) is 59.1 Å². The smallest absolute Gasteiger partial charge is 0.217 e. The quantitative estimate of drug-likeness (QED) is 0.221. The number of carbonyl (C=O) groups is 1. The van der Waals surface area contributed by atoms with Gasteiger partial charge in [0.15, 0.2) is 17.8 Å². The molecule has 4 aromatic carbocycles. The molecule has 46 heavy (non-hydrogen) atoms. The molecule has 2 N–H and O–H groups in total. The molecule has 1 saturated heterocycles. The summed E-state index contributed by atoms with van der Waals surface area (Å²) in [4.78, 5) is 13.8. The summed E-state index contributed by atoms with van der Waals surface area (Å²) in [7, 11) is 3.35. The Morgan fingerprint density at radius 2 is 1.59 bits per heavy atom. The Hall–Kier alpha value is -4.21. The van der Waals surface area contributed by atoms with Crippen molar-refractivity contribution in [2.24, 2.45) is 0 Å². The van der Waals surface area contributed by atoms with E-state index in [4.69, 9.17) is 18.9 Å². The lowest BCUT2D eigenvalue weighted by molar-refractivity contribution is -0.253. The van der Waals surface area contributed by atoms with E-state index in [-0.39, 0.29) is 24.7 Å². The number of nitrogens with zero attached hydrogens (tertiary/aromatic N) is 1. The lowest BCUT2D eigenvalue weighted by atomic mass is 9.96. The molecular weight excluding hydrogens is 580 g/mol. The fraction of sp³-hybridized carbons (Fsp3) is 0.342. The number of nitrogens with one attached hydrogen (secondary N) is 1. The Morgan fingerprint density at radius 1 is 0.870 bits per heavy atom. The summed E-state index contributed by atoms with van der Waals surface area (Å²) >= 11 is 0. The number of aliphatic hydroxyl groups is 1. The number of benzene rings is 4. The first-order valence-corrected chi connectivity index (χ1v) is 15.8. The molecule has 3 atom stereocenters. The number of hydrogen-bond donors (Lipinski definition) is 2. The minimum Gasteiger partial charge on any atom is -0.493 e. The van der Waals surface area contributed by atoms with Crippen LogP contribution >= 0.6 is 0 Å². The van der Waals surface area contributed by atoms with Crippen LogP contribution < -0.4 is 14.8 Å². The number of hydrogen-bond acceptors (Lipinski definition) is 7. The molecule has 0 spiro atoms. The Kier molecular flexibility index (Phi) is 10.00. The SMILES string of the molecule is COc1cc2c(cc1OC)CN(C[C@@H]1C[C@H](c3ccc(CO)cc3)O[C@H](c3ccc(-c4cccc(CNC(C)=O)c4)cc3)O1)CC2. The maximum absolute atomic E-state index is 11.4. The molecule has 0 aromatic heterocycles. The minimum absolute atomic E-state index is 0.00968. The summed E-state index contributed by atoms with van der Waals surface area (Å²) in [6.45, 7) is 4.55. The summed E-state index contributed by atoms with van der Waals surface area (Å²) < 4.78 is 24.4. The summed E-state index contributed by atoms with van der Waals surface area (Å²) in [5.41, 5.74) is 8.66. The molecule has 0 saturated carbocycles. The second kappa shape index (κ2) is 14.5. The fourth-order valence-corrected chi connectivity index (χ4v) is 6.34. The fourth-order valence-electron chi connectivity index (χ4n) is 6.34. The van der Waals surface area contributed by atoms with Crippen molar-refractivity contribution in [3.63, 3.8) is 0 Å². The molecule has 2 aliphatic heterocycles. The predicted molar refractivity (Wildman–Crippen MR) is 176 cm³/mol. The molecule has 0 radical (unpaired) electrons. The zero-order valence-electron chi connectivity index (χ0n) is 26.7. The Bertz CT molecular complexity index is 1640. The van der Waals surface area contributed by atoms with Gasteiger partial charge in [-0.2, -0.15) is 0 Å². The van der Waals surface area contributed by atoms with E-state index in [1.165, 1.54) is 18.1 Å². The zero-order valence-corrected chi connectivity index (χ0v) is 26.7. The molecule has 0 aliphatic carbocycles. The minimum atomic E-state index is -0.525. The van der Waals surface area contributed by atoms with Gasteiger partial charge in [-0.25, -0.2) is 0 Å². The highest BCUT2D eigenvalue weighted by atomic mass is 16.7. The van der Waals surface area contributed by atoms with Crippen molar-refractivity contribution in [3.8, 4) is 22.6 Å². The number of amides is 1. The van der Waals surface area contributed by atoms with Crippen LogP contribution in [0.25, 0.3) is 11.1 Å². The number of carbonyl (C=O) groups excluding carboxylic acids is 1. The maximum Gasteiger partial charge on any atom is 0.217 e. The second-order valence-corrected chi connectivity index (χ2v) is 12.0. The molecule has 8 heteroatoms.